The molecule has 0 radical (unpaired) electrons. The Morgan fingerprint density at radius 3 is 2.63 bits per heavy atom. The lowest BCUT2D eigenvalue weighted by Crippen LogP contribution is -2.40. The van der Waals surface area contributed by atoms with Gasteiger partial charge in [0.25, 0.3) is 5.91 Å². The van der Waals surface area contributed by atoms with Gasteiger partial charge in [0.1, 0.15) is 17.4 Å². The van der Waals surface area contributed by atoms with Crippen molar-refractivity contribution in [3.63, 3.8) is 0 Å². The minimum atomic E-state index is -0.679. The first-order valence-corrected chi connectivity index (χ1v) is 8.28. The van der Waals surface area contributed by atoms with E-state index in [1.54, 1.807) is 6.20 Å². The number of hydrogen-bond acceptors (Lipinski definition) is 7. The van der Waals surface area contributed by atoms with Gasteiger partial charge in [0, 0.05) is 17.3 Å². The normalized spacial score (nSPS) is 12.1. The van der Waals surface area contributed by atoms with E-state index in [1.165, 1.54) is 6.20 Å². The van der Waals surface area contributed by atoms with E-state index in [2.05, 4.69) is 30.8 Å². The van der Waals surface area contributed by atoms with Gasteiger partial charge in [0.05, 0.1) is 11.7 Å². The highest BCUT2D eigenvalue weighted by molar-refractivity contribution is 5.98. The van der Waals surface area contributed by atoms with Gasteiger partial charge in [-0.25, -0.2) is 4.98 Å². The van der Waals surface area contributed by atoms with Crippen molar-refractivity contribution in [2.45, 2.75) is 19.9 Å². The number of rotatable bonds is 7. The molecular weight excluding hydrogens is 348 g/mol. The Hall–Kier alpha value is -3.69. The van der Waals surface area contributed by atoms with E-state index in [9.17, 15) is 9.59 Å². The number of benzene rings is 1. The number of carbonyl (C=O) groups is 2. The molecule has 0 aliphatic heterocycles. The van der Waals surface area contributed by atoms with Crippen LogP contribution in [0, 0.1) is 5.92 Å². The molecule has 1 atom stereocenters. The minimum Gasteiger partial charge on any atom is -0.368 e. The summed E-state index contributed by atoms with van der Waals surface area (Å²) in [5, 5.41) is 13.7. The molecule has 2 heterocycles. The van der Waals surface area contributed by atoms with E-state index in [0.717, 1.165) is 10.9 Å². The van der Waals surface area contributed by atoms with Crippen LogP contribution in [-0.2, 0) is 4.79 Å². The number of nitrogens with one attached hydrogen (secondary N) is 3. The monoisotopic (exact) mass is 368 g/mol. The molecule has 3 aromatic rings. The van der Waals surface area contributed by atoms with Crippen molar-refractivity contribution in [2.75, 3.05) is 10.6 Å². The zero-order valence-corrected chi connectivity index (χ0v) is 14.9. The second-order valence-electron chi connectivity index (χ2n) is 6.39. The van der Waals surface area contributed by atoms with Crippen LogP contribution in [0.2, 0.25) is 0 Å². The van der Waals surface area contributed by atoms with Gasteiger partial charge in [0.2, 0.25) is 11.9 Å². The van der Waals surface area contributed by atoms with Gasteiger partial charge in [-0.05, 0) is 24.1 Å². The number of anilines is 3. The van der Waals surface area contributed by atoms with E-state index in [0.29, 0.717) is 5.69 Å². The van der Waals surface area contributed by atoms with Crippen molar-refractivity contribution in [3.05, 3.63) is 36.2 Å². The fourth-order valence-corrected chi connectivity index (χ4v) is 2.58. The Labute approximate surface area is 154 Å². The van der Waals surface area contributed by atoms with Gasteiger partial charge in [-0.2, -0.15) is 10.1 Å². The second kappa shape index (κ2) is 7.28. The smallest absolute Gasteiger partial charge is 0.254 e. The molecule has 0 fully saturated rings. The number of nitrogens with two attached hydrogens (primary N) is 2. The number of hydrogen-bond donors (Lipinski definition) is 5. The maximum absolute atomic E-state index is 11.7. The third-order valence-electron chi connectivity index (χ3n) is 4.02. The van der Waals surface area contributed by atoms with E-state index in [4.69, 9.17) is 11.5 Å². The lowest BCUT2D eigenvalue weighted by Gasteiger charge is -2.19. The zero-order valence-electron chi connectivity index (χ0n) is 14.9. The summed E-state index contributed by atoms with van der Waals surface area (Å²) in [4.78, 5) is 31.7. The average molecular weight is 368 g/mol. The summed E-state index contributed by atoms with van der Waals surface area (Å²) < 4.78 is 0. The third-order valence-corrected chi connectivity index (χ3v) is 4.02. The Morgan fingerprint density at radius 2 is 1.96 bits per heavy atom. The number of aromatic amines is 1. The summed E-state index contributed by atoms with van der Waals surface area (Å²) in [5.41, 5.74) is 12.4. The number of H-pyrrole nitrogens is 1. The van der Waals surface area contributed by atoms with Crippen molar-refractivity contribution in [2.24, 2.45) is 17.4 Å². The lowest BCUT2D eigenvalue weighted by atomic mass is 10.0. The quantitative estimate of drug-likeness (QED) is 0.417. The highest BCUT2D eigenvalue weighted by Gasteiger charge is 2.21. The molecule has 7 N–H and O–H groups in total. The van der Waals surface area contributed by atoms with Crippen molar-refractivity contribution >= 4 is 40.2 Å². The molecule has 10 nitrogen and oxygen atoms in total. The molecule has 2 amide bonds. The van der Waals surface area contributed by atoms with Crippen molar-refractivity contribution in [3.8, 4) is 0 Å². The maximum atomic E-state index is 11.7. The first-order valence-electron chi connectivity index (χ1n) is 8.28. The van der Waals surface area contributed by atoms with E-state index < -0.39 is 17.9 Å². The van der Waals surface area contributed by atoms with Crippen LogP contribution in [0.1, 0.15) is 24.2 Å². The summed E-state index contributed by atoms with van der Waals surface area (Å²) >= 11 is 0. The Balaban J connectivity index is 1.93. The van der Waals surface area contributed by atoms with Crippen LogP contribution in [0.3, 0.4) is 0 Å². The SMILES string of the molecule is CC(C)[C@@H](Nc1ncc(C(N)=O)c(Nc2ccc3cn[nH]c3c2)n1)C(N)=O. The molecule has 0 aliphatic carbocycles. The summed E-state index contributed by atoms with van der Waals surface area (Å²) in [6.07, 6.45) is 3.00. The molecule has 1 aromatic carbocycles. The topological polar surface area (TPSA) is 165 Å². The highest BCUT2D eigenvalue weighted by atomic mass is 16.1. The number of carbonyl (C=O) groups excluding carboxylic acids is 2. The fraction of sp³-hybridized carbons (Fsp3) is 0.235. The third kappa shape index (κ3) is 3.94. The van der Waals surface area contributed by atoms with Gasteiger partial charge in [0.15, 0.2) is 0 Å². The number of fused-ring (bicyclic) bond motifs is 1. The van der Waals surface area contributed by atoms with Crippen molar-refractivity contribution in [1.29, 1.82) is 0 Å². The molecule has 0 unspecified atom stereocenters. The molecule has 2 aromatic heterocycles. The number of nitrogens with zero attached hydrogens (tertiary/aromatic N) is 3. The predicted octanol–water partition coefficient (Wildman–Crippen LogP) is 1.12. The highest BCUT2D eigenvalue weighted by Crippen LogP contribution is 2.23. The lowest BCUT2D eigenvalue weighted by molar-refractivity contribution is -0.119. The molecule has 0 bridgehead atoms. The molecule has 0 saturated heterocycles. The molecule has 0 aliphatic rings. The number of aromatic nitrogens is 4. The second-order valence-corrected chi connectivity index (χ2v) is 6.39. The summed E-state index contributed by atoms with van der Waals surface area (Å²) in [5.74, 6) is -0.900. The van der Waals surface area contributed by atoms with Crippen LogP contribution in [-0.4, -0.2) is 38.0 Å². The van der Waals surface area contributed by atoms with Gasteiger partial charge in [-0.3, -0.25) is 14.7 Å². The largest absolute Gasteiger partial charge is 0.368 e. The van der Waals surface area contributed by atoms with Gasteiger partial charge in [-0.1, -0.05) is 13.8 Å². The Kier molecular flexibility index (Phi) is 4.88. The molecule has 0 spiro atoms. The average Bonchev–Trinajstić information content (AvgIpc) is 3.06. The first-order chi connectivity index (χ1) is 12.8. The number of amides is 2. The van der Waals surface area contributed by atoms with Crippen LogP contribution in [0.5, 0.6) is 0 Å². The first kappa shape index (κ1) is 18.1. The Bertz CT molecular complexity index is 998. The van der Waals surface area contributed by atoms with Gasteiger partial charge < -0.3 is 22.1 Å². The van der Waals surface area contributed by atoms with E-state index in [-0.39, 0.29) is 23.2 Å². The summed E-state index contributed by atoms with van der Waals surface area (Å²) in [6, 6.07) is 4.85. The minimum absolute atomic E-state index is 0.0684. The van der Waals surface area contributed by atoms with E-state index in [1.807, 2.05) is 32.0 Å². The molecule has 0 saturated carbocycles. The Morgan fingerprint density at radius 1 is 1.19 bits per heavy atom. The fourth-order valence-electron chi connectivity index (χ4n) is 2.58. The van der Waals surface area contributed by atoms with Crippen LogP contribution < -0.4 is 22.1 Å². The summed E-state index contributed by atoms with van der Waals surface area (Å²) in [7, 11) is 0. The van der Waals surface area contributed by atoms with Crippen molar-refractivity contribution < 1.29 is 9.59 Å². The molecule has 10 heteroatoms. The molecule has 140 valence electrons. The molecule has 27 heavy (non-hydrogen) atoms. The van der Waals surface area contributed by atoms with Crippen LogP contribution in [0.15, 0.2) is 30.6 Å². The summed E-state index contributed by atoms with van der Waals surface area (Å²) in [6.45, 7) is 3.69. The molecular formula is C17H20N8O2. The van der Waals surface area contributed by atoms with Crippen molar-refractivity contribution in [1.82, 2.24) is 20.2 Å². The molecule has 3 rings (SSSR count). The number of primary amides is 2. The maximum Gasteiger partial charge on any atom is 0.254 e. The van der Waals surface area contributed by atoms with Crippen LogP contribution in [0.4, 0.5) is 17.5 Å². The standard InChI is InChI=1S/C17H20N8O2/c1-8(2)13(15(19)27)23-17-20-7-11(14(18)26)16(24-17)22-10-4-3-9-6-21-25-12(9)5-10/h3-8,13H,1-2H3,(H2,18,26)(H2,19,27)(H,21,25)(H2,20,22,23,24)/t13-/m1/s1. The van der Waals surface area contributed by atoms with Gasteiger partial charge in [-0.15, -0.1) is 0 Å². The zero-order chi connectivity index (χ0) is 19.6. The predicted molar refractivity (Wildman–Crippen MR) is 101 cm³/mol. The van der Waals surface area contributed by atoms with E-state index >= 15 is 0 Å². The van der Waals surface area contributed by atoms with Crippen LogP contribution >= 0.6 is 0 Å². The van der Waals surface area contributed by atoms with Crippen LogP contribution in [0.25, 0.3) is 10.9 Å². The van der Waals surface area contributed by atoms with Gasteiger partial charge >= 0.3 is 0 Å².